The van der Waals surface area contributed by atoms with Crippen molar-refractivity contribution in [2.45, 2.75) is 32.6 Å². The second-order valence-corrected chi connectivity index (χ2v) is 17.4. The zero-order chi connectivity index (χ0) is 24.6. The van der Waals surface area contributed by atoms with E-state index in [0.717, 1.165) is 10.4 Å². The third kappa shape index (κ3) is 7.10. The molecular weight excluding hydrogens is 452 g/mol. The minimum Gasteiger partial charge on any atom is -0.289 e. The van der Waals surface area contributed by atoms with Crippen LogP contribution in [0.5, 0.6) is 0 Å². The van der Waals surface area contributed by atoms with Gasteiger partial charge in [0.1, 0.15) is 16.1 Å². The molecule has 2 aromatic carbocycles. The maximum Gasteiger partial charge on any atom is 0.373 e. The lowest BCUT2D eigenvalue weighted by Gasteiger charge is -2.18. The van der Waals surface area contributed by atoms with Crippen molar-refractivity contribution in [1.29, 1.82) is 0 Å². The molecular formula is C25H30O6Si2. The third-order valence-corrected chi connectivity index (χ3v) is 11.1. The smallest absolute Gasteiger partial charge is 0.289 e. The van der Waals surface area contributed by atoms with Crippen molar-refractivity contribution in [1.82, 2.24) is 0 Å². The van der Waals surface area contributed by atoms with Crippen LogP contribution < -0.4 is 10.4 Å². The molecule has 33 heavy (non-hydrogen) atoms. The van der Waals surface area contributed by atoms with Crippen LogP contribution in [0.2, 0.25) is 26.2 Å². The van der Waals surface area contributed by atoms with Gasteiger partial charge in [0.2, 0.25) is 0 Å². The lowest BCUT2D eigenvalue weighted by molar-refractivity contribution is -0.362. The average molecular weight is 483 g/mol. The fraction of sp³-hybridized carbons (Fsp3) is 0.200. The highest BCUT2D eigenvalue weighted by Crippen LogP contribution is 2.15. The van der Waals surface area contributed by atoms with Crippen LogP contribution >= 0.6 is 0 Å². The molecule has 0 unspecified atom stereocenters. The van der Waals surface area contributed by atoms with Crippen LogP contribution in [-0.2, 0) is 19.6 Å². The van der Waals surface area contributed by atoms with E-state index in [4.69, 9.17) is 19.6 Å². The van der Waals surface area contributed by atoms with E-state index in [1.165, 1.54) is 0 Å². The summed E-state index contributed by atoms with van der Waals surface area (Å²) in [6.07, 6.45) is -0.318. The van der Waals surface area contributed by atoms with Gasteiger partial charge in [-0.1, -0.05) is 72.2 Å². The Morgan fingerprint density at radius 3 is 1.30 bits per heavy atom. The molecule has 0 aliphatic rings. The SMILES string of the molecule is [CH2]C[C](OOC(=O)c1ccc([Si](C)(C)C=C)cc1)OOC(=O)c1ccc([Si](C)(C)C=C)cc1. The molecule has 2 aromatic rings. The van der Waals surface area contributed by atoms with Gasteiger partial charge in [0.25, 0.3) is 0 Å². The molecule has 6 nitrogen and oxygen atoms in total. The predicted octanol–water partition coefficient (Wildman–Crippen LogP) is 4.56. The Bertz CT molecular complexity index is 901. The Hall–Kier alpha value is -2.79. The zero-order valence-electron chi connectivity index (χ0n) is 19.6. The first-order valence-corrected chi connectivity index (χ1v) is 16.6. The molecule has 0 saturated heterocycles. The average Bonchev–Trinajstić information content (AvgIpc) is 2.83. The lowest BCUT2D eigenvalue weighted by Crippen LogP contribution is -2.39. The van der Waals surface area contributed by atoms with Crippen molar-refractivity contribution >= 4 is 38.5 Å². The van der Waals surface area contributed by atoms with Crippen molar-refractivity contribution < 1.29 is 29.1 Å². The maximum absolute atomic E-state index is 12.2. The van der Waals surface area contributed by atoms with Gasteiger partial charge in [-0.05, 0) is 31.2 Å². The summed E-state index contributed by atoms with van der Waals surface area (Å²) < 4.78 is 0. The highest BCUT2D eigenvalue weighted by atomic mass is 28.3. The van der Waals surface area contributed by atoms with Gasteiger partial charge >= 0.3 is 18.2 Å². The molecule has 0 atom stereocenters. The van der Waals surface area contributed by atoms with Gasteiger partial charge in [-0.25, -0.2) is 9.59 Å². The third-order valence-electron chi connectivity index (χ3n) is 5.37. The van der Waals surface area contributed by atoms with Crippen molar-refractivity contribution in [2.75, 3.05) is 0 Å². The number of carbonyl (C=O) groups excluding carboxylic acids is 2. The highest BCUT2D eigenvalue weighted by molar-refractivity contribution is 6.94. The molecule has 174 valence electrons. The summed E-state index contributed by atoms with van der Waals surface area (Å²) in [5.74, 6) is -1.44. The van der Waals surface area contributed by atoms with Crippen LogP contribution in [0, 0.1) is 13.2 Å². The van der Waals surface area contributed by atoms with Crippen molar-refractivity contribution in [3.05, 3.63) is 97.4 Å². The van der Waals surface area contributed by atoms with E-state index in [9.17, 15) is 9.59 Å². The first kappa shape index (κ1) is 26.5. The van der Waals surface area contributed by atoms with Crippen LogP contribution in [0.3, 0.4) is 0 Å². The Labute approximate surface area is 197 Å². The number of hydrogen-bond acceptors (Lipinski definition) is 6. The molecule has 0 bridgehead atoms. The first-order valence-electron chi connectivity index (χ1n) is 10.4. The summed E-state index contributed by atoms with van der Waals surface area (Å²) in [5, 5.41) is 2.28. The molecule has 0 aliphatic heterocycles. The number of benzene rings is 2. The van der Waals surface area contributed by atoms with E-state index in [1.54, 1.807) is 24.3 Å². The van der Waals surface area contributed by atoms with Gasteiger partial charge in [0.15, 0.2) is 0 Å². The maximum atomic E-state index is 12.2. The van der Waals surface area contributed by atoms with Crippen LogP contribution in [0.1, 0.15) is 27.1 Å². The molecule has 0 amide bonds. The first-order chi connectivity index (χ1) is 15.5. The standard InChI is InChI=1S/C25H30O6Si2/c1-8-23(28-30-24(26)19-11-15-21(16-12-19)32(4,5)9-2)29-31-25(27)20-13-17-22(18-14-20)33(6,7)10-3/h9-18H,1-3,8H2,4-7H3. The topological polar surface area (TPSA) is 71.1 Å². The van der Waals surface area contributed by atoms with Crippen LogP contribution in [0.15, 0.2) is 73.1 Å². The van der Waals surface area contributed by atoms with Gasteiger partial charge in [-0.15, -0.1) is 22.9 Å². The molecule has 0 aromatic heterocycles. The summed E-state index contributed by atoms with van der Waals surface area (Å²) in [6, 6.07) is 14.1. The van der Waals surface area contributed by atoms with Gasteiger partial charge in [0, 0.05) is 6.42 Å². The largest absolute Gasteiger partial charge is 0.373 e. The van der Waals surface area contributed by atoms with Crippen molar-refractivity contribution in [3.8, 4) is 0 Å². The summed E-state index contributed by atoms with van der Waals surface area (Å²) in [7, 11) is -3.44. The second kappa shape index (κ2) is 11.4. The van der Waals surface area contributed by atoms with E-state index in [0.29, 0.717) is 11.1 Å². The molecule has 0 fully saturated rings. The van der Waals surface area contributed by atoms with E-state index in [-0.39, 0.29) is 12.7 Å². The van der Waals surface area contributed by atoms with E-state index in [1.807, 2.05) is 35.7 Å². The summed E-state index contributed by atoms with van der Waals surface area (Å²) in [6.45, 7) is 20.0. The monoisotopic (exact) mass is 482 g/mol. The Morgan fingerprint density at radius 2 is 1.03 bits per heavy atom. The van der Waals surface area contributed by atoms with Gasteiger partial charge < -0.3 is 0 Å². The molecule has 0 saturated carbocycles. The quantitative estimate of drug-likeness (QED) is 0.266. The predicted molar refractivity (Wildman–Crippen MR) is 134 cm³/mol. The minimum absolute atomic E-state index is 0.0450. The van der Waals surface area contributed by atoms with Crippen molar-refractivity contribution in [2.24, 2.45) is 0 Å². The van der Waals surface area contributed by atoms with Crippen LogP contribution in [-0.4, -0.2) is 28.1 Å². The highest BCUT2D eigenvalue weighted by Gasteiger charge is 2.23. The fourth-order valence-corrected chi connectivity index (χ4v) is 5.19. The molecule has 8 heteroatoms. The van der Waals surface area contributed by atoms with E-state index in [2.05, 4.69) is 46.3 Å². The number of carbonyl (C=O) groups is 2. The molecule has 0 spiro atoms. The van der Waals surface area contributed by atoms with Gasteiger partial charge in [-0.3, -0.25) is 9.78 Å². The molecule has 2 radical (unpaired) electrons. The molecule has 0 N–H and O–H groups in total. The van der Waals surface area contributed by atoms with Gasteiger partial charge in [0.05, 0.1) is 11.1 Å². The Kier molecular flexibility index (Phi) is 9.12. The second-order valence-electron chi connectivity index (χ2n) is 8.54. The van der Waals surface area contributed by atoms with E-state index < -0.39 is 28.1 Å². The fourth-order valence-electron chi connectivity index (χ4n) is 2.67. The van der Waals surface area contributed by atoms with Crippen LogP contribution in [0.4, 0.5) is 0 Å². The van der Waals surface area contributed by atoms with E-state index >= 15 is 0 Å². The lowest BCUT2D eigenvalue weighted by atomic mass is 10.2. The molecule has 0 heterocycles. The summed E-state index contributed by atoms with van der Waals surface area (Å²) in [5.41, 5.74) is 4.55. The van der Waals surface area contributed by atoms with Gasteiger partial charge in [-0.2, -0.15) is 0 Å². The summed E-state index contributed by atoms with van der Waals surface area (Å²) in [4.78, 5) is 43.8. The Balaban J connectivity index is 1.89. The Morgan fingerprint density at radius 1 is 0.697 bits per heavy atom. The molecule has 2 rings (SSSR count). The van der Waals surface area contributed by atoms with Crippen molar-refractivity contribution in [3.63, 3.8) is 0 Å². The molecule has 0 aliphatic carbocycles. The minimum atomic E-state index is -1.72. The number of hydrogen-bond donors (Lipinski definition) is 0. The van der Waals surface area contributed by atoms with Crippen LogP contribution in [0.25, 0.3) is 0 Å². The number of rotatable bonds is 11. The summed E-state index contributed by atoms with van der Waals surface area (Å²) >= 11 is 0. The normalized spacial score (nSPS) is 11.7. The zero-order valence-corrected chi connectivity index (χ0v) is 21.6.